The van der Waals surface area contributed by atoms with Crippen LogP contribution in [-0.2, 0) is 0 Å². The van der Waals surface area contributed by atoms with E-state index in [1.54, 1.807) is 0 Å². The fourth-order valence-electron chi connectivity index (χ4n) is 1.51. The smallest absolute Gasteiger partial charge is 0.0309 e. The number of hydrogen-bond acceptors (Lipinski definition) is 2. The van der Waals surface area contributed by atoms with Crippen molar-refractivity contribution in [3.05, 3.63) is 34.9 Å². The first-order valence-electron chi connectivity index (χ1n) is 4.68. The van der Waals surface area contributed by atoms with Gasteiger partial charge in [-0.3, -0.25) is 0 Å². The molecule has 0 unspecified atom stereocenters. The van der Waals surface area contributed by atoms with Crippen molar-refractivity contribution in [2.24, 2.45) is 11.5 Å². The Kier molecular flexibility index (Phi) is 3.46. The third kappa shape index (κ3) is 2.29. The molecule has 0 aromatic heterocycles. The van der Waals surface area contributed by atoms with E-state index in [-0.39, 0.29) is 6.04 Å². The van der Waals surface area contributed by atoms with Crippen LogP contribution >= 0.6 is 0 Å². The Balaban J connectivity index is 2.93. The van der Waals surface area contributed by atoms with E-state index in [9.17, 15) is 0 Å². The Hall–Kier alpha value is -0.860. The molecule has 4 N–H and O–H groups in total. The van der Waals surface area contributed by atoms with Crippen LogP contribution in [0.1, 0.15) is 29.2 Å². The van der Waals surface area contributed by atoms with E-state index in [1.165, 1.54) is 16.7 Å². The summed E-state index contributed by atoms with van der Waals surface area (Å²) in [5.41, 5.74) is 15.3. The van der Waals surface area contributed by atoms with E-state index in [2.05, 4.69) is 26.0 Å². The molecule has 0 saturated carbocycles. The largest absolute Gasteiger partial charge is 0.330 e. The van der Waals surface area contributed by atoms with Crippen molar-refractivity contribution in [3.8, 4) is 0 Å². The summed E-state index contributed by atoms with van der Waals surface area (Å²) < 4.78 is 0. The summed E-state index contributed by atoms with van der Waals surface area (Å²) >= 11 is 0. The summed E-state index contributed by atoms with van der Waals surface area (Å²) in [6.45, 7) is 4.86. The van der Waals surface area contributed by atoms with Crippen LogP contribution in [0.4, 0.5) is 0 Å². The lowest BCUT2D eigenvalue weighted by atomic mass is 9.96. The zero-order valence-corrected chi connectivity index (χ0v) is 8.38. The van der Waals surface area contributed by atoms with Gasteiger partial charge in [-0.05, 0) is 43.5 Å². The standard InChI is InChI=1S/C11H18N2/c1-8-4-3-5-10(9(8)2)11(13)6-7-12/h3-5,11H,6-7,12-13H2,1-2H3/t11-/m1/s1. The molecule has 0 heterocycles. The maximum absolute atomic E-state index is 6.00. The summed E-state index contributed by atoms with van der Waals surface area (Å²) in [7, 11) is 0. The van der Waals surface area contributed by atoms with Crippen molar-refractivity contribution in [2.45, 2.75) is 26.3 Å². The lowest BCUT2D eigenvalue weighted by molar-refractivity contribution is 0.657. The van der Waals surface area contributed by atoms with Crippen molar-refractivity contribution in [3.63, 3.8) is 0 Å². The highest BCUT2D eigenvalue weighted by Gasteiger charge is 2.08. The van der Waals surface area contributed by atoms with Gasteiger partial charge in [0.25, 0.3) is 0 Å². The quantitative estimate of drug-likeness (QED) is 0.739. The van der Waals surface area contributed by atoms with E-state index in [0.717, 1.165) is 6.42 Å². The molecule has 1 atom stereocenters. The number of hydrogen-bond donors (Lipinski definition) is 2. The Labute approximate surface area is 79.9 Å². The molecule has 0 aliphatic rings. The Bertz CT molecular complexity index is 281. The van der Waals surface area contributed by atoms with E-state index < -0.39 is 0 Å². The molecule has 2 nitrogen and oxygen atoms in total. The molecule has 13 heavy (non-hydrogen) atoms. The summed E-state index contributed by atoms with van der Waals surface area (Å²) in [5, 5.41) is 0. The fourth-order valence-corrected chi connectivity index (χ4v) is 1.51. The average molecular weight is 178 g/mol. The summed E-state index contributed by atoms with van der Waals surface area (Å²) in [6, 6.07) is 6.33. The molecular weight excluding hydrogens is 160 g/mol. The lowest BCUT2D eigenvalue weighted by Gasteiger charge is -2.15. The van der Waals surface area contributed by atoms with Crippen molar-refractivity contribution in [1.29, 1.82) is 0 Å². The van der Waals surface area contributed by atoms with E-state index in [0.29, 0.717) is 6.54 Å². The van der Waals surface area contributed by atoms with Crippen molar-refractivity contribution in [1.82, 2.24) is 0 Å². The number of aryl methyl sites for hydroxylation is 1. The Morgan fingerprint density at radius 1 is 1.31 bits per heavy atom. The van der Waals surface area contributed by atoms with Gasteiger partial charge in [0.1, 0.15) is 0 Å². The third-order valence-corrected chi connectivity index (χ3v) is 2.52. The average Bonchev–Trinajstić information content (AvgIpc) is 2.10. The van der Waals surface area contributed by atoms with Crippen LogP contribution in [0.15, 0.2) is 18.2 Å². The van der Waals surface area contributed by atoms with Gasteiger partial charge in [-0.25, -0.2) is 0 Å². The Morgan fingerprint density at radius 3 is 2.62 bits per heavy atom. The maximum atomic E-state index is 6.00. The van der Waals surface area contributed by atoms with Gasteiger partial charge in [0.05, 0.1) is 0 Å². The highest BCUT2D eigenvalue weighted by Crippen LogP contribution is 2.20. The van der Waals surface area contributed by atoms with Crippen LogP contribution in [0.3, 0.4) is 0 Å². The maximum Gasteiger partial charge on any atom is 0.0309 e. The molecule has 0 aliphatic carbocycles. The lowest BCUT2D eigenvalue weighted by Crippen LogP contribution is -2.16. The van der Waals surface area contributed by atoms with E-state index >= 15 is 0 Å². The SMILES string of the molecule is Cc1cccc([C@H](N)CCN)c1C. The van der Waals surface area contributed by atoms with Gasteiger partial charge in [-0.2, -0.15) is 0 Å². The zero-order chi connectivity index (χ0) is 9.84. The van der Waals surface area contributed by atoms with Crippen molar-refractivity contribution < 1.29 is 0 Å². The van der Waals surface area contributed by atoms with Gasteiger partial charge in [-0.15, -0.1) is 0 Å². The van der Waals surface area contributed by atoms with Gasteiger partial charge in [-0.1, -0.05) is 18.2 Å². The van der Waals surface area contributed by atoms with E-state index in [1.807, 2.05) is 6.07 Å². The molecule has 0 bridgehead atoms. The van der Waals surface area contributed by atoms with Crippen LogP contribution in [0, 0.1) is 13.8 Å². The minimum Gasteiger partial charge on any atom is -0.330 e. The first-order chi connectivity index (χ1) is 6.16. The van der Waals surface area contributed by atoms with Crippen LogP contribution in [-0.4, -0.2) is 6.54 Å². The van der Waals surface area contributed by atoms with Crippen LogP contribution in [0.25, 0.3) is 0 Å². The summed E-state index contributed by atoms with van der Waals surface area (Å²) in [6.07, 6.45) is 0.851. The second kappa shape index (κ2) is 4.40. The van der Waals surface area contributed by atoms with Gasteiger partial charge < -0.3 is 11.5 Å². The molecule has 1 aromatic carbocycles. The summed E-state index contributed by atoms with van der Waals surface area (Å²) in [4.78, 5) is 0. The minimum absolute atomic E-state index is 0.0879. The topological polar surface area (TPSA) is 52.0 Å². The predicted octanol–water partition coefficient (Wildman–Crippen LogP) is 1.65. The van der Waals surface area contributed by atoms with Crippen molar-refractivity contribution in [2.75, 3.05) is 6.54 Å². The molecule has 0 radical (unpaired) electrons. The second-order valence-corrected chi connectivity index (χ2v) is 3.47. The molecule has 0 fully saturated rings. The molecule has 72 valence electrons. The number of nitrogens with two attached hydrogens (primary N) is 2. The van der Waals surface area contributed by atoms with Gasteiger partial charge in [0.2, 0.25) is 0 Å². The predicted molar refractivity (Wildman–Crippen MR) is 56.5 cm³/mol. The molecule has 2 heteroatoms. The molecule has 0 amide bonds. The van der Waals surface area contributed by atoms with Crippen LogP contribution < -0.4 is 11.5 Å². The number of rotatable bonds is 3. The van der Waals surface area contributed by atoms with E-state index in [4.69, 9.17) is 11.5 Å². The zero-order valence-electron chi connectivity index (χ0n) is 8.38. The summed E-state index contributed by atoms with van der Waals surface area (Å²) in [5.74, 6) is 0. The second-order valence-electron chi connectivity index (χ2n) is 3.47. The monoisotopic (exact) mass is 178 g/mol. The first kappa shape index (κ1) is 10.2. The van der Waals surface area contributed by atoms with Gasteiger partial charge in [0, 0.05) is 6.04 Å². The third-order valence-electron chi connectivity index (χ3n) is 2.52. The molecule has 0 spiro atoms. The highest BCUT2D eigenvalue weighted by molar-refractivity contribution is 5.35. The van der Waals surface area contributed by atoms with Gasteiger partial charge in [0.15, 0.2) is 0 Å². The first-order valence-corrected chi connectivity index (χ1v) is 4.68. The normalized spacial score (nSPS) is 12.9. The van der Waals surface area contributed by atoms with Gasteiger partial charge >= 0.3 is 0 Å². The molecule has 0 saturated heterocycles. The minimum atomic E-state index is 0.0879. The van der Waals surface area contributed by atoms with Crippen LogP contribution in [0.5, 0.6) is 0 Å². The highest BCUT2D eigenvalue weighted by atomic mass is 14.7. The Morgan fingerprint density at radius 2 is 2.00 bits per heavy atom. The molecule has 1 rings (SSSR count). The molecular formula is C11H18N2. The molecule has 1 aromatic rings. The molecule has 0 aliphatic heterocycles. The van der Waals surface area contributed by atoms with Crippen molar-refractivity contribution >= 4 is 0 Å². The fraction of sp³-hybridized carbons (Fsp3) is 0.455. The number of benzene rings is 1. The van der Waals surface area contributed by atoms with Crippen LogP contribution in [0.2, 0.25) is 0 Å².